The van der Waals surface area contributed by atoms with Gasteiger partial charge in [-0.15, -0.1) is 0 Å². The Morgan fingerprint density at radius 1 is 1.12 bits per heavy atom. The molecule has 0 aliphatic carbocycles. The van der Waals surface area contributed by atoms with Crippen LogP contribution in [-0.4, -0.2) is 33.5 Å². The van der Waals surface area contributed by atoms with E-state index in [0.717, 1.165) is 35.1 Å². The molecule has 1 aliphatic rings. The van der Waals surface area contributed by atoms with Crippen molar-refractivity contribution in [2.45, 2.75) is 38.8 Å². The molecule has 0 unspecified atom stereocenters. The number of hydrogen-bond donors (Lipinski definition) is 1. The quantitative estimate of drug-likeness (QED) is 0.406. The Hall–Kier alpha value is -3.51. The van der Waals surface area contributed by atoms with E-state index in [4.69, 9.17) is 4.42 Å². The summed E-state index contributed by atoms with van der Waals surface area (Å²) in [5.41, 5.74) is 5.47. The summed E-state index contributed by atoms with van der Waals surface area (Å²) in [7, 11) is 0. The molecule has 5 nitrogen and oxygen atoms in total. The van der Waals surface area contributed by atoms with Gasteiger partial charge in [0.25, 0.3) is 0 Å². The van der Waals surface area contributed by atoms with Crippen molar-refractivity contribution >= 4 is 17.1 Å². The average molecular weight is 445 g/mol. The summed E-state index contributed by atoms with van der Waals surface area (Å²) < 4.78 is 20.9. The highest BCUT2D eigenvalue weighted by Gasteiger charge is 2.29. The smallest absolute Gasteiger partial charge is 0.320 e. The number of likely N-dealkylation sites (tertiary alicyclic amines) is 1. The Morgan fingerprint density at radius 2 is 1.91 bits per heavy atom. The van der Waals surface area contributed by atoms with Crippen LogP contribution < -0.4 is 0 Å². The van der Waals surface area contributed by atoms with Crippen molar-refractivity contribution < 1.29 is 18.7 Å². The number of carbonyl (C=O) groups is 1. The molecule has 0 spiro atoms. The maximum atomic E-state index is 14.9. The Bertz CT molecular complexity index is 1320. The van der Waals surface area contributed by atoms with Gasteiger partial charge in [-0.2, -0.15) is 0 Å². The van der Waals surface area contributed by atoms with Crippen molar-refractivity contribution in [3.8, 4) is 22.6 Å². The largest absolute Gasteiger partial charge is 0.480 e. The molecule has 5 rings (SSSR count). The van der Waals surface area contributed by atoms with Crippen molar-refractivity contribution in [3.63, 3.8) is 0 Å². The summed E-state index contributed by atoms with van der Waals surface area (Å²) in [6, 6.07) is 18.6. The number of carboxylic acid groups (broad SMARTS) is 1. The van der Waals surface area contributed by atoms with E-state index in [9.17, 15) is 14.3 Å². The summed E-state index contributed by atoms with van der Waals surface area (Å²) in [5.74, 6) is -0.818. The van der Waals surface area contributed by atoms with E-state index in [0.29, 0.717) is 35.5 Å². The molecule has 1 aromatic heterocycles. The van der Waals surface area contributed by atoms with Gasteiger partial charge in [-0.25, -0.2) is 9.37 Å². The number of nitrogens with zero attached hydrogens (tertiary/aromatic N) is 2. The second-order valence-corrected chi connectivity index (χ2v) is 8.59. The molecule has 1 aliphatic heterocycles. The molecule has 0 amide bonds. The third-order valence-corrected chi connectivity index (χ3v) is 6.48. The second kappa shape index (κ2) is 8.79. The molecular formula is C27H25FN2O3. The lowest BCUT2D eigenvalue weighted by atomic mass is 9.96. The molecule has 168 valence electrons. The Morgan fingerprint density at radius 3 is 2.70 bits per heavy atom. The first kappa shape index (κ1) is 21.3. The number of piperidine rings is 1. The van der Waals surface area contributed by atoms with Gasteiger partial charge < -0.3 is 9.52 Å². The Kier molecular flexibility index (Phi) is 5.68. The monoisotopic (exact) mass is 444 g/mol. The summed E-state index contributed by atoms with van der Waals surface area (Å²) >= 11 is 0. The lowest BCUT2D eigenvalue weighted by Crippen LogP contribution is -2.44. The number of benzene rings is 3. The summed E-state index contributed by atoms with van der Waals surface area (Å²) in [4.78, 5) is 18.1. The van der Waals surface area contributed by atoms with E-state index >= 15 is 0 Å². The molecule has 2 heterocycles. The van der Waals surface area contributed by atoms with Gasteiger partial charge in [0.15, 0.2) is 5.58 Å². The number of hydrogen-bond acceptors (Lipinski definition) is 4. The van der Waals surface area contributed by atoms with Crippen molar-refractivity contribution in [3.05, 3.63) is 77.6 Å². The number of aromatic nitrogens is 1. The van der Waals surface area contributed by atoms with Crippen LogP contribution in [0.4, 0.5) is 4.39 Å². The first-order chi connectivity index (χ1) is 16.0. The van der Waals surface area contributed by atoms with Gasteiger partial charge in [0.1, 0.15) is 17.4 Å². The lowest BCUT2D eigenvalue weighted by Gasteiger charge is -2.32. The van der Waals surface area contributed by atoms with Crippen LogP contribution in [0.2, 0.25) is 0 Å². The van der Waals surface area contributed by atoms with E-state index < -0.39 is 17.8 Å². The maximum absolute atomic E-state index is 14.9. The van der Waals surface area contributed by atoms with Crippen LogP contribution in [0.5, 0.6) is 0 Å². The number of halogens is 1. The number of fused-ring (bicyclic) bond motifs is 1. The van der Waals surface area contributed by atoms with Crippen LogP contribution in [0.1, 0.15) is 30.4 Å². The fourth-order valence-corrected chi connectivity index (χ4v) is 4.71. The van der Waals surface area contributed by atoms with E-state index in [1.165, 1.54) is 6.07 Å². The van der Waals surface area contributed by atoms with E-state index in [1.807, 2.05) is 42.2 Å². The number of oxazole rings is 1. The zero-order chi connectivity index (χ0) is 22.9. The van der Waals surface area contributed by atoms with Crippen molar-refractivity contribution in [1.82, 2.24) is 9.88 Å². The molecule has 4 aromatic rings. The number of rotatable bonds is 5. The van der Waals surface area contributed by atoms with Crippen LogP contribution in [0, 0.1) is 12.7 Å². The van der Waals surface area contributed by atoms with Gasteiger partial charge in [-0.05, 0) is 55.1 Å². The molecule has 1 fully saturated rings. The predicted molar refractivity (Wildman–Crippen MR) is 125 cm³/mol. The molecule has 1 atom stereocenters. The van der Waals surface area contributed by atoms with Crippen LogP contribution in [0.25, 0.3) is 33.7 Å². The highest BCUT2D eigenvalue weighted by atomic mass is 19.1. The molecule has 0 radical (unpaired) electrons. The fraction of sp³-hybridized carbons (Fsp3) is 0.259. The summed E-state index contributed by atoms with van der Waals surface area (Å²) in [6.45, 7) is 2.91. The van der Waals surface area contributed by atoms with Gasteiger partial charge in [0.05, 0.1) is 0 Å². The second-order valence-electron chi connectivity index (χ2n) is 8.59. The zero-order valence-corrected chi connectivity index (χ0v) is 18.4. The number of aliphatic carboxylic acids is 1. The minimum Gasteiger partial charge on any atom is -0.480 e. The number of carboxylic acids is 1. The highest BCUT2D eigenvalue weighted by Crippen LogP contribution is 2.34. The summed E-state index contributed by atoms with van der Waals surface area (Å²) in [5, 5.41) is 9.53. The third kappa shape index (κ3) is 4.14. The Balaban J connectivity index is 1.49. The van der Waals surface area contributed by atoms with Gasteiger partial charge in [0.2, 0.25) is 5.89 Å². The topological polar surface area (TPSA) is 66.6 Å². The predicted octanol–water partition coefficient (Wildman–Crippen LogP) is 6.05. The molecule has 3 aromatic carbocycles. The summed E-state index contributed by atoms with van der Waals surface area (Å²) in [6.07, 6.45) is 2.38. The first-order valence-electron chi connectivity index (χ1n) is 11.2. The van der Waals surface area contributed by atoms with Crippen molar-refractivity contribution in [1.29, 1.82) is 0 Å². The van der Waals surface area contributed by atoms with E-state index in [1.54, 1.807) is 6.07 Å². The van der Waals surface area contributed by atoms with Crippen molar-refractivity contribution in [2.75, 3.05) is 6.54 Å². The SMILES string of the molecule is Cc1c(-c2ccccc2)cccc1-c1nc2cc(CN3CCCC[C@H]3C(=O)O)c(F)cc2o1. The van der Waals surface area contributed by atoms with Crippen LogP contribution in [0.15, 0.2) is 65.1 Å². The highest BCUT2D eigenvalue weighted by molar-refractivity contribution is 5.80. The van der Waals surface area contributed by atoms with Gasteiger partial charge >= 0.3 is 5.97 Å². The molecule has 0 bridgehead atoms. The van der Waals surface area contributed by atoms with Gasteiger partial charge in [0, 0.05) is 23.7 Å². The van der Waals surface area contributed by atoms with Gasteiger partial charge in [-0.3, -0.25) is 9.69 Å². The molecule has 1 saturated heterocycles. The Labute approximate surface area is 191 Å². The van der Waals surface area contributed by atoms with Crippen molar-refractivity contribution in [2.24, 2.45) is 0 Å². The molecule has 6 heteroatoms. The average Bonchev–Trinajstić information content (AvgIpc) is 3.22. The molecule has 1 N–H and O–H groups in total. The van der Waals surface area contributed by atoms with Gasteiger partial charge in [-0.1, -0.05) is 48.9 Å². The standard InChI is InChI=1S/C27H25FN2O3/c1-17-20(18-8-3-2-4-9-18)10-7-11-21(17)26-29-23-14-19(22(28)15-25(23)33-26)16-30-13-6-5-12-24(30)27(31)32/h2-4,7-11,14-15,24H,5-6,12-13,16H2,1H3,(H,31,32)/t24-/m0/s1. The van der Waals surface area contributed by atoms with Crippen LogP contribution in [-0.2, 0) is 11.3 Å². The molecular weight excluding hydrogens is 419 g/mol. The third-order valence-electron chi connectivity index (χ3n) is 6.48. The minimum absolute atomic E-state index is 0.240. The zero-order valence-electron chi connectivity index (χ0n) is 18.4. The van der Waals surface area contributed by atoms with Crippen LogP contribution in [0.3, 0.4) is 0 Å². The first-order valence-corrected chi connectivity index (χ1v) is 11.2. The molecule has 33 heavy (non-hydrogen) atoms. The van der Waals surface area contributed by atoms with E-state index in [2.05, 4.69) is 23.2 Å². The maximum Gasteiger partial charge on any atom is 0.320 e. The molecule has 0 saturated carbocycles. The minimum atomic E-state index is -0.853. The van der Waals surface area contributed by atoms with Crippen LogP contribution >= 0.6 is 0 Å². The fourth-order valence-electron chi connectivity index (χ4n) is 4.71. The normalized spacial score (nSPS) is 16.8. The lowest BCUT2D eigenvalue weighted by molar-refractivity contribution is -0.144. The van der Waals surface area contributed by atoms with E-state index in [-0.39, 0.29) is 6.54 Å².